The van der Waals surface area contributed by atoms with Crippen LogP contribution < -0.4 is 4.74 Å². The summed E-state index contributed by atoms with van der Waals surface area (Å²) in [7, 11) is 1.71. The molecule has 2 heterocycles. The lowest BCUT2D eigenvalue weighted by Gasteiger charge is -2.26. The van der Waals surface area contributed by atoms with Gasteiger partial charge in [0, 0.05) is 47.6 Å². The predicted molar refractivity (Wildman–Crippen MR) is 117 cm³/mol. The monoisotopic (exact) mass is 436 g/mol. The van der Waals surface area contributed by atoms with Crippen LogP contribution in [0.15, 0.2) is 55.0 Å². The van der Waals surface area contributed by atoms with Crippen LogP contribution in [-0.2, 0) is 0 Å². The van der Waals surface area contributed by atoms with Crippen LogP contribution in [0.1, 0.15) is 35.8 Å². The molecule has 6 nitrogen and oxygen atoms in total. The van der Waals surface area contributed by atoms with Crippen LogP contribution in [0.5, 0.6) is 5.75 Å². The van der Waals surface area contributed by atoms with Gasteiger partial charge in [-0.1, -0.05) is 0 Å². The number of hydrogen-bond acceptors (Lipinski definition) is 4. The van der Waals surface area contributed by atoms with Crippen LogP contribution in [0.2, 0.25) is 0 Å². The molecule has 0 unspecified atom stereocenters. The quantitative estimate of drug-likeness (QED) is 0.455. The summed E-state index contributed by atoms with van der Waals surface area (Å²) in [6.45, 7) is 4.04. The number of carbonyl (C=O) groups is 1. The van der Waals surface area contributed by atoms with Gasteiger partial charge in [-0.15, -0.1) is 0 Å². The molecule has 164 valence electrons. The van der Waals surface area contributed by atoms with Crippen LogP contribution in [0.3, 0.4) is 0 Å². The summed E-state index contributed by atoms with van der Waals surface area (Å²) in [5, 5.41) is 7.87. The van der Waals surface area contributed by atoms with Gasteiger partial charge in [-0.3, -0.25) is 14.9 Å². The first-order valence-corrected chi connectivity index (χ1v) is 10.2. The van der Waals surface area contributed by atoms with Gasteiger partial charge in [-0.05, 0) is 49.7 Å². The summed E-state index contributed by atoms with van der Waals surface area (Å²) in [6, 6.07) is 7.86. The second kappa shape index (κ2) is 8.74. The van der Waals surface area contributed by atoms with Crippen LogP contribution >= 0.6 is 0 Å². The Morgan fingerprint density at radius 1 is 1.12 bits per heavy atom. The molecule has 1 atom stereocenters. The third kappa shape index (κ3) is 4.03. The number of benzene rings is 2. The number of fused-ring (bicyclic) bond motifs is 1. The molecule has 0 aliphatic rings. The fourth-order valence-electron chi connectivity index (χ4n) is 3.67. The summed E-state index contributed by atoms with van der Waals surface area (Å²) >= 11 is 0. The maximum atomic E-state index is 13.7. The Bertz CT molecular complexity index is 1270. The number of rotatable bonds is 6. The number of carbonyl (C=O) groups excluding carboxylic acids is 1. The highest BCUT2D eigenvalue weighted by molar-refractivity contribution is 5.96. The fraction of sp³-hybridized carbons (Fsp3) is 0.208. The highest BCUT2D eigenvalue weighted by Crippen LogP contribution is 2.33. The van der Waals surface area contributed by atoms with Gasteiger partial charge in [0.05, 0.1) is 24.4 Å². The van der Waals surface area contributed by atoms with Gasteiger partial charge in [0.1, 0.15) is 17.4 Å². The molecule has 4 aromatic rings. The highest BCUT2D eigenvalue weighted by Gasteiger charge is 2.23. The summed E-state index contributed by atoms with van der Waals surface area (Å²) < 4.78 is 33.2. The first-order chi connectivity index (χ1) is 15.4. The van der Waals surface area contributed by atoms with Gasteiger partial charge in [0.2, 0.25) is 0 Å². The lowest BCUT2D eigenvalue weighted by Crippen LogP contribution is -2.30. The van der Waals surface area contributed by atoms with Gasteiger partial charge >= 0.3 is 0 Å². The number of pyridine rings is 1. The number of ether oxygens (including phenoxy) is 1. The van der Waals surface area contributed by atoms with E-state index in [2.05, 4.69) is 15.2 Å². The molecule has 1 amide bonds. The number of hydrogen-bond donors (Lipinski definition) is 1. The molecule has 2 aromatic heterocycles. The molecule has 0 saturated heterocycles. The molecule has 0 aliphatic carbocycles. The van der Waals surface area contributed by atoms with Crippen molar-refractivity contribution >= 4 is 16.8 Å². The average Bonchev–Trinajstić information content (AvgIpc) is 3.26. The third-order valence-corrected chi connectivity index (χ3v) is 5.44. The van der Waals surface area contributed by atoms with Crippen molar-refractivity contribution in [3.8, 4) is 16.9 Å². The molecule has 4 rings (SSSR count). The number of aromatic amines is 1. The molecule has 0 bridgehead atoms. The van der Waals surface area contributed by atoms with Gasteiger partial charge < -0.3 is 9.64 Å². The van der Waals surface area contributed by atoms with Crippen LogP contribution in [-0.4, -0.2) is 39.6 Å². The van der Waals surface area contributed by atoms with Crippen molar-refractivity contribution in [3.63, 3.8) is 0 Å². The van der Waals surface area contributed by atoms with E-state index >= 15 is 0 Å². The second-order valence-electron chi connectivity index (χ2n) is 7.46. The summed E-state index contributed by atoms with van der Waals surface area (Å²) in [5.74, 6) is -1.22. The molecule has 0 aliphatic heterocycles. The van der Waals surface area contributed by atoms with E-state index in [1.807, 2.05) is 6.92 Å². The molecule has 0 fully saturated rings. The minimum absolute atomic E-state index is 0.230. The summed E-state index contributed by atoms with van der Waals surface area (Å²) in [5.41, 5.74) is 2.90. The zero-order valence-electron chi connectivity index (χ0n) is 17.9. The van der Waals surface area contributed by atoms with E-state index < -0.39 is 11.6 Å². The largest absolute Gasteiger partial charge is 0.493 e. The molecule has 8 heteroatoms. The maximum Gasteiger partial charge on any atom is 0.254 e. The van der Waals surface area contributed by atoms with Crippen molar-refractivity contribution in [2.75, 3.05) is 13.7 Å². The molecule has 1 N–H and O–H groups in total. The molecule has 0 radical (unpaired) electrons. The van der Waals surface area contributed by atoms with Crippen molar-refractivity contribution in [3.05, 3.63) is 77.8 Å². The average molecular weight is 436 g/mol. The van der Waals surface area contributed by atoms with E-state index in [1.165, 1.54) is 12.1 Å². The third-order valence-electron chi connectivity index (χ3n) is 5.44. The molecule has 2 aromatic carbocycles. The smallest absolute Gasteiger partial charge is 0.254 e. The molecule has 0 spiro atoms. The number of nitrogens with zero attached hydrogens (tertiary/aromatic N) is 3. The number of aromatic nitrogens is 3. The Hall–Kier alpha value is -3.81. The van der Waals surface area contributed by atoms with E-state index in [0.29, 0.717) is 29.0 Å². The Labute approximate surface area is 183 Å². The summed E-state index contributed by atoms with van der Waals surface area (Å²) in [4.78, 5) is 19.1. The van der Waals surface area contributed by atoms with E-state index in [0.717, 1.165) is 22.5 Å². The predicted octanol–water partition coefficient (Wildman–Crippen LogP) is 5.14. The van der Waals surface area contributed by atoms with Crippen LogP contribution in [0.4, 0.5) is 8.78 Å². The van der Waals surface area contributed by atoms with Crippen molar-refractivity contribution < 1.29 is 18.3 Å². The van der Waals surface area contributed by atoms with Gasteiger partial charge in [-0.25, -0.2) is 8.78 Å². The first-order valence-electron chi connectivity index (χ1n) is 10.2. The number of amides is 1. The normalized spacial score (nSPS) is 12.0. The minimum Gasteiger partial charge on any atom is -0.493 e. The van der Waals surface area contributed by atoms with Gasteiger partial charge in [-0.2, -0.15) is 5.10 Å². The lowest BCUT2D eigenvalue weighted by molar-refractivity contribution is 0.0743. The SMILES string of the molecule is CCOc1cc(C(=O)N(C)[C@H](C)c2cncc3cn[nH]c23)ccc1-c1cc(F)cc(F)c1. The van der Waals surface area contributed by atoms with Gasteiger partial charge in [0.25, 0.3) is 5.91 Å². The first kappa shape index (κ1) is 21.4. The molecular weight excluding hydrogens is 414 g/mol. The Morgan fingerprint density at radius 3 is 2.59 bits per heavy atom. The van der Waals surface area contributed by atoms with E-state index in [4.69, 9.17) is 4.74 Å². The van der Waals surface area contributed by atoms with Crippen LogP contribution in [0, 0.1) is 11.6 Å². The molecular formula is C24H22F2N4O2. The van der Waals surface area contributed by atoms with E-state index in [9.17, 15) is 13.6 Å². The molecule has 0 saturated carbocycles. The maximum absolute atomic E-state index is 13.7. The summed E-state index contributed by atoms with van der Waals surface area (Å²) in [6.07, 6.45) is 5.10. The van der Waals surface area contributed by atoms with E-state index in [-0.39, 0.29) is 11.9 Å². The lowest BCUT2D eigenvalue weighted by atomic mass is 10.0. The number of nitrogens with one attached hydrogen (secondary N) is 1. The highest BCUT2D eigenvalue weighted by atomic mass is 19.1. The number of H-pyrrole nitrogens is 1. The van der Waals surface area contributed by atoms with Crippen molar-refractivity contribution in [2.45, 2.75) is 19.9 Å². The van der Waals surface area contributed by atoms with Crippen LogP contribution in [0.25, 0.3) is 22.0 Å². The Balaban J connectivity index is 1.67. The zero-order valence-corrected chi connectivity index (χ0v) is 17.9. The standard InChI is InChI=1S/C24H22F2N4O2/c1-4-32-22-9-15(5-6-20(22)16-7-18(25)10-19(26)8-16)24(31)30(3)14(2)21-13-27-11-17-12-28-29-23(17)21/h5-14H,4H2,1-3H3,(H,28,29)/t14-/m1/s1. The zero-order chi connectivity index (χ0) is 22.8. The topological polar surface area (TPSA) is 71.1 Å². The van der Waals surface area contributed by atoms with Crippen molar-refractivity contribution in [1.82, 2.24) is 20.1 Å². The van der Waals surface area contributed by atoms with E-state index in [1.54, 1.807) is 55.7 Å². The molecule has 32 heavy (non-hydrogen) atoms. The fourth-order valence-corrected chi connectivity index (χ4v) is 3.67. The Morgan fingerprint density at radius 2 is 1.88 bits per heavy atom. The number of halogens is 2. The van der Waals surface area contributed by atoms with Crippen molar-refractivity contribution in [2.24, 2.45) is 0 Å². The Kier molecular flexibility index (Phi) is 5.85. The van der Waals surface area contributed by atoms with Crippen molar-refractivity contribution in [1.29, 1.82) is 0 Å². The second-order valence-corrected chi connectivity index (χ2v) is 7.46. The van der Waals surface area contributed by atoms with Gasteiger partial charge in [0.15, 0.2) is 0 Å². The minimum atomic E-state index is -0.683.